The number of para-hydroxylation sites is 1. The third kappa shape index (κ3) is 4.59. The van der Waals surface area contributed by atoms with E-state index in [0.29, 0.717) is 6.42 Å². The van der Waals surface area contributed by atoms with Crippen molar-refractivity contribution in [1.82, 2.24) is 4.98 Å². The summed E-state index contributed by atoms with van der Waals surface area (Å²) >= 11 is 1.70. The summed E-state index contributed by atoms with van der Waals surface area (Å²) in [5.41, 5.74) is 1.05. The first-order valence-corrected chi connectivity index (χ1v) is 8.13. The fourth-order valence-corrected chi connectivity index (χ4v) is 3.33. The number of aliphatic hydroxyl groups excluding tert-OH is 1. The van der Waals surface area contributed by atoms with Crippen LogP contribution >= 0.6 is 11.3 Å². The highest BCUT2D eigenvalue weighted by molar-refractivity contribution is 7.18. The number of nitrogens with zero attached hydrogens (tertiary/aromatic N) is 1. The predicted molar refractivity (Wildman–Crippen MR) is 82.7 cm³/mol. The minimum absolute atomic E-state index is 0.234. The van der Waals surface area contributed by atoms with Gasteiger partial charge in [-0.15, -0.1) is 11.3 Å². The summed E-state index contributed by atoms with van der Waals surface area (Å²) in [7, 11) is 0. The zero-order valence-electron chi connectivity index (χ0n) is 11.6. The Labute approximate surface area is 119 Å². The first kappa shape index (κ1) is 14.5. The van der Waals surface area contributed by atoms with E-state index in [4.69, 9.17) is 0 Å². The van der Waals surface area contributed by atoms with E-state index in [-0.39, 0.29) is 6.10 Å². The molecule has 0 aliphatic heterocycles. The predicted octanol–water partition coefficient (Wildman–Crippen LogP) is 4.56. The Bertz CT molecular complexity index is 461. The van der Waals surface area contributed by atoms with E-state index in [1.165, 1.54) is 30.4 Å². The van der Waals surface area contributed by atoms with Crippen LogP contribution in [-0.4, -0.2) is 16.2 Å². The maximum Gasteiger partial charge on any atom is 0.0964 e. The van der Waals surface area contributed by atoms with Gasteiger partial charge in [0, 0.05) is 6.42 Å². The maximum absolute atomic E-state index is 10.1. The van der Waals surface area contributed by atoms with E-state index >= 15 is 0 Å². The minimum Gasteiger partial charge on any atom is -0.393 e. The second kappa shape index (κ2) is 7.61. The van der Waals surface area contributed by atoms with Crippen molar-refractivity contribution in [2.24, 2.45) is 0 Å². The maximum atomic E-state index is 10.1. The van der Waals surface area contributed by atoms with Crippen LogP contribution in [0.5, 0.6) is 0 Å². The van der Waals surface area contributed by atoms with E-state index in [1.54, 1.807) is 11.3 Å². The lowest BCUT2D eigenvalue weighted by Gasteiger charge is -2.08. The molecular formula is C16H23NOS. The van der Waals surface area contributed by atoms with E-state index in [1.807, 2.05) is 18.2 Å². The molecule has 104 valence electrons. The molecule has 3 heteroatoms. The molecule has 1 aromatic carbocycles. The molecule has 2 rings (SSSR count). The molecule has 0 spiro atoms. The number of aliphatic hydroxyl groups is 1. The molecule has 0 amide bonds. The van der Waals surface area contributed by atoms with Crippen LogP contribution in [0.15, 0.2) is 24.3 Å². The molecule has 2 nitrogen and oxygen atoms in total. The molecule has 0 bridgehead atoms. The summed E-state index contributed by atoms with van der Waals surface area (Å²) in [4.78, 5) is 4.57. The van der Waals surface area contributed by atoms with Crippen molar-refractivity contribution < 1.29 is 5.11 Å². The van der Waals surface area contributed by atoms with Crippen LogP contribution < -0.4 is 0 Å². The van der Waals surface area contributed by atoms with Gasteiger partial charge in [-0.1, -0.05) is 51.2 Å². The minimum atomic E-state index is -0.234. The van der Waals surface area contributed by atoms with Crippen LogP contribution in [-0.2, 0) is 6.42 Å². The number of benzene rings is 1. The summed E-state index contributed by atoms with van der Waals surface area (Å²) in [6.07, 6.45) is 7.62. The normalized spacial score (nSPS) is 12.9. The van der Waals surface area contributed by atoms with E-state index in [0.717, 1.165) is 23.4 Å². The smallest absolute Gasteiger partial charge is 0.0964 e. The van der Waals surface area contributed by atoms with Gasteiger partial charge in [-0.25, -0.2) is 4.98 Å². The van der Waals surface area contributed by atoms with Crippen molar-refractivity contribution in [1.29, 1.82) is 0 Å². The number of aromatic nitrogens is 1. The number of rotatable bonds is 8. The van der Waals surface area contributed by atoms with Gasteiger partial charge in [0.05, 0.1) is 21.3 Å². The lowest BCUT2D eigenvalue weighted by atomic mass is 10.1. The second-order valence-electron chi connectivity index (χ2n) is 5.14. The van der Waals surface area contributed by atoms with Gasteiger partial charge < -0.3 is 5.11 Å². The zero-order chi connectivity index (χ0) is 13.5. The molecule has 0 aliphatic rings. The standard InChI is InChI=1S/C16H23NOS/c1-2-3-4-5-6-9-13(18)12-16-17-14-10-7-8-11-15(14)19-16/h7-8,10-11,13,18H,2-6,9,12H2,1H3. The van der Waals surface area contributed by atoms with E-state index < -0.39 is 0 Å². The number of hydrogen-bond acceptors (Lipinski definition) is 3. The van der Waals surface area contributed by atoms with E-state index in [2.05, 4.69) is 18.0 Å². The Morgan fingerprint density at radius 3 is 2.74 bits per heavy atom. The Morgan fingerprint density at radius 2 is 1.95 bits per heavy atom. The fraction of sp³-hybridized carbons (Fsp3) is 0.562. The van der Waals surface area contributed by atoms with Crippen LogP contribution in [0.3, 0.4) is 0 Å². The van der Waals surface area contributed by atoms with Crippen molar-refractivity contribution in [3.63, 3.8) is 0 Å². The fourth-order valence-electron chi connectivity index (χ4n) is 2.29. The number of unbranched alkanes of at least 4 members (excludes halogenated alkanes) is 4. The van der Waals surface area contributed by atoms with Gasteiger partial charge in [0.1, 0.15) is 0 Å². The molecule has 1 N–H and O–H groups in total. The molecule has 1 atom stereocenters. The monoisotopic (exact) mass is 277 g/mol. The van der Waals surface area contributed by atoms with Crippen molar-refractivity contribution in [3.05, 3.63) is 29.3 Å². The SMILES string of the molecule is CCCCCCCC(O)Cc1nc2ccccc2s1. The van der Waals surface area contributed by atoms with E-state index in [9.17, 15) is 5.11 Å². The van der Waals surface area contributed by atoms with Gasteiger partial charge in [0.25, 0.3) is 0 Å². The number of hydrogen-bond donors (Lipinski definition) is 1. The highest BCUT2D eigenvalue weighted by atomic mass is 32.1. The van der Waals surface area contributed by atoms with Gasteiger partial charge in [0.2, 0.25) is 0 Å². The lowest BCUT2D eigenvalue weighted by molar-refractivity contribution is 0.161. The Morgan fingerprint density at radius 1 is 1.16 bits per heavy atom. The summed E-state index contributed by atoms with van der Waals surface area (Å²) in [6, 6.07) is 8.17. The molecular weight excluding hydrogens is 254 g/mol. The number of thiazole rings is 1. The molecule has 0 radical (unpaired) electrons. The zero-order valence-corrected chi connectivity index (χ0v) is 12.5. The van der Waals surface area contributed by atoms with Crippen molar-refractivity contribution in [3.8, 4) is 0 Å². The van der Waals surface area contributed by atoms with Crippen LogP contribution in [0, 0.1) is 0 Å². The van der Waals surface area contributed by atoms with Gasteiger partial charge in [0.15, 0.2) is 0 Å². The van der Waals surface area contributed by atoms with Gasteiger partial charge in [-0.2, -0.15) is 0 Å². The van der Waals surface area contributed by atoms with Gasteiger partial charge in [-0.3, -0.25) is 0 Å². The summed E-state index contributed by atoms with van der Waals surface area (Å²) in [6.45, 7) is 2.22. The van der Waals surface area contributed by atoms with Crippen molar-refractivity contribution in [2.45, 2.75) is 58.0 Å². The lowest BCUT2D eigenvalue weighted by Crippen LogP contribution is -2.09. The second-order valence-corrected chi connectivity index (χ2v) is 6.25. The molecule has 0 fully saturated rings. The third-order valence-electron chi connectivity index (χ3n) is 3.39. The molecule has 1 unspecified atom stereocenters. The summed E-state index contributed by atoms with van der Waals surface area (Å²) in [5.74, 6) is 0. The Hall–Kier alpha value is -0.930. The van der Waals surface area contributed by atoms with Crippen molar-refractivity contribution in [2.75, 3.05) is 0 Å². The largest absolute Gasteiger partial charge is 0.393 e. The van der Waals surface area contributed by atoms with Crippen LogP contribution in [0.25, 0.3) is 10.2 Å². The van der Waals surface area contributed by atoms with Crippen molar-refractivity contribution >= 4 is 21.6 Å². The van der Waals surface area contributed by atoms with Crippen LogP contribution in [0.4, 0.5) is 0 Å². The molecule has 0 aliphatic carbocycles. The molecule has 0 saturated heterocycles. The third-order valence-corrected chi connectivity index (χ3v) is 4.45. The van der Waals surface area contributed by atoms with Crippen LogP contribution in [0.1, 0.15) is 50.5 Å². The summed E-state index contributed by atoms with van der Waals surface area (Å²) in [5, 5.41) is 11.1. The molecule has 19 heavy (non-hydrogen) atoms. The van der Waals surface area contributed by atoms with Crippen LogP contribution in [0.2, 0.25) is 0 Å². The summed E-state index contributed by atoms with van der Waals surface area (Å²) < 4.78 is 1.22. The quantitative estimate of drug-likeness (QED) is 0.717. The topological polar surface area (TPSA) is 33.1 Å². The first-order chi connectivity index (χ1) is 9.29. The molecule has 0 saturated carbocycles. The van der Waals surface area contributed by atoms with Gasteiger partial charge in [-0.05, 0) is 18.6 Å². The van der Waals surface area contributed by atoms with Gasteiger partial charge >= 0.3 is 0 Å². The highest BCUT2D eigenvalue weighted by Crippen LogP contribution is 2.23. The Kier molecular flexibility index (Phi) is 5.80. The Balaban J connectivity index is 1.76. The molecule has 2 aromatic rings. The first-order valence-electron chi connectivity index (χ1n) is 7.32. The average molecular weight is 277 g/mol. The molecule has 1 heterocycles. The average Bonchev–Trinajstić information content (AvgIpc) is 2.80. The number of fused-ring (bicyclic) bond motifs is 1. The highest BCUT2D eigenvalue weighted by Gasteiger charge is 2.09. The molecule has 1 aromatic heterocycles.